The van der Waals surface area contributed by atoms with E-state index in [9.17, 15) is 9.59 Å². The lowest BCUT2D eigenvalue weighted by Crippen LogP contribution is -2.31. The Morgan fingerprint density at radius 3 is 1.80 bits per heavy atom. The molecule has 0 aliphatic rings. The van der Waals surface area contributed by atoms with Gasteiger partial charge in [-0.3, -0.25) is 9.59 Å². The molecule has 0 heterocycles. The molecule has 0 aromatic heterocycles. The third-order valence-electron chi connectivity index (χ3n) is 4.45. The molecule has 0 bridgehead atoms. The molecule has 0 aromatic carbocycles. The van der Waals surface area contributed by atoms with Crippen molar-refractivity contribution < 1.29 is 14.7 Å². The highest BCUT2D eigenvalue weighted by atomic mass is 16.4. The zero-order valence-corrected chi connectivity index (χ0v) is 16.5. The largest absolute Gasteiger partial charge is 0.480 e. The SMILES string of the molecule is CCCCCCCC/C=C/CCCCCCCC(=O)N(C)CC(=O)O. The number of aliphatic carboxylic acids is 1. The zero-order chi connectivity index (χ0) is 18.8. The number of unbranched alkanes of at least 4 members (excludes halogenated alkanes) is 11. The summed E-state index contributed by atoms with van der Waals surface area (Å²) in [6.07, 6.45) is 21.1. The van der Waals surface area contributed by atoms with Gasteiger partial charge in [-0.15, -0.1) is 0 Å². The predicted octanol–water partition coefficient (Wildman–Crippen LogP) is 5.57. The molecule has 0 aromatic rings. The van der Waals surface area contributed by atoms with Crippen molar-refractivity contribution in [2.24, 2.45) is 0 Å². The molecule has 0 fully saturated rings. The monoisotopic (exact) mass is 353 g/mol. The van der Waals surface area contributed by atoms with Crippen LogP contribution in [0.5, 0.6) is 0 Å². The fourth-order valence-electron chi connectivity index (χ4n) is 2.83. The fraction of sp³-hybridized carbons (Fsp3) is 0.810. The van der Waals surface area contributed by atoms with E-state index in [4.69, 9.17) is 5.11 Å². The number of carbonyl (C=O) groups is 2. The van der Waals surface area contributed by atoms with Crippen LogP contribution >= 0.6 is 0 Å². The first-order valence-corrected chi connectivity index (χ1v) is 10.2. The van der Waals surface area contributed by atoms with Gasteiger partial charge in [-0.25, -0.2) is 0 Å². The summed E-state index contributed by atoms with van der Waals surface area (Å²) in [5, 5.41) is 8.64. The zero-order valence-electron chi connectivity index (χ0n) is 16.5. The minimum absolute atomic E-state index is 0.0694. The van der Waals surface area contributed by atoms with E-state index >= 15 is 0 Å². The molecule has 0 aliphatic heterocycles. The van der Waals surface area contributed by atoms with Gasteiger partial charge in [-0.05, 0) is 32.1 Å². The molecule has 0 atom stereocenters. The maximum absolute atomic E-state index is 11.7. The van der Waals surface area contributed by atoms with Crippen molar-refractivity contribution in [1.29, 1.82) is 0 Å². The van der Waals surface area contributed by atoms with Gasteiger partial charge >= 0.3 is 5.97 Å². The first kappa shape index (κ1) is 23.7. The number of rotatable bonds is 17. The van der Waals surface area contributed by atoms with E-state index in [1.54, 1.807) is 7.05 Å². The lowest BCUT2D eigenvalue weighted by Gasteiger charge is -2.14. The number of nitrogens with zero attached hydrogens (tertiary/aromatic N) is 1. The summed E-state index contributed by atoms with van der Waals surface area (Å²) in [6.45, 7) is 2.05. The van der Waals surface area contributed by atoms with Gasteiger partial charge in [0.15, 0.2) is 0 Å². The van der Waals surface area contributed by atoms with Crippen LogP contribution in [0.1, 0.15) is 96.8 Å². The highest BCUT2D eigenvalue weighted by Crippen LogP contribution is 2.10. The first-order chi connectivity index (χ1) is 12.1. The number of hydrogen-bond acceptors (Lipinski definition) is 2. The van der Waals surface area contributed by atoms with Crippen molar-refractivity contribution in [2.45, 2.75) is 96.8 Å². The van der Waals surface area contributed by atoms with E-state index in [-0.39, 0.29) is 12.5 Å². The highest BCUT2D eigenvalue weighted by Gasteiger charge is 2.10. The number of amides is 1. The molecule has 0 radical (unpaired) electrons. The van der Waals surface area contributed by atoms with Gasteiger partial charge in [0.05, 0.1) is 0 Å². The highest BCUT2D eigenvalue weighted by molar-refractivity contribution is 5.80. The summed E-state index contributed by atoms with van der Waals surface area (Å²) in [5.41, 5.74) is 0. The van der Waals surface area contributed by atoms with E-state index < -0.39 is 5.97 Å². The minimum Gasteiger partial charge on any atom is -0.480 e. The van der Waals surface area contributed by atoms with Crippen LogP contribution in [0.25, 0.3) is 0 Å². The van der Waals surface area contributed by atoms with Crippen LogP contribution in [-0.4, -0.2) is 35.5 Å². The molecule has 25 heavy (non-hydrogen) atoms. The van der Waals surface area contributed by atoms with Crippen LogP contribution in [0, 0.1) is 0 Å². The third kappa shape index (κ3) is 17.3. The number of allylic oxidation sites excluding steroid dienone is 2. The molecule has 0 rings (SSSR count). The maximum Gasteiger partial charge on any atom is 0.323 e. The minimum atomic E-state index is -0.958. The number of carbonyl (C=O) groups excluding carboxylic acids is 1. The quantitative estimate of drug-likeness (QED) is 0.275. The van der Waals surface area contributed by atoms with Gasteiger partial charge in [0.2, 0.25) is 5.91 Å². The lowest BCUT2D eigenvalue weighted by atomic mass is 10.1. The molecule has 146 valence electrons. The van der Waals surface area contributed by atoms with E-state index in [2.05, 4.69) is 19.1 Å². The fourth-order valence-corrected chi connectivity index (χ4v) is 2.83. The topological polar surface area (TPSA) is 57.6 Å². The molecular formula is C21H39NO3. The molecule has 0 saturated carbocycles. The van der Waals surface area contributed by atoms with Crippen LogP contribution in [-0.2, 0) is 9.59 Å². The first-order valence-electron chi connectivity index (χ1n) is 10.2. The molecule has 4 heteroatoms. The van der Waals surface area contributed by atoms with Crippen molar-refractivity contribution in [3.8, 4) is 0 Å². The van der Waals surface area contributed by atoms with Gasteiger partial charge in [0.1, 0.15) is 6.54 Å². The Bertz CT molecular complexity index is 366. The number of carboxylic acids is 1. The molecule has 0 aliphatic carbocycles. The van der Waals surface area contributed by atoms with E-state index in [1.807, 2.05) is 0 Å². The molecule has 0 spiro atoms. The normalized spacial score (nSPS) is 11.1. The maximum atomic E-state index is 11.7. The second kappa shape index (κ2) is 17.5. The second-order valence-electron chi connectivity index (χ2n) is 6.98. The average Bonchev–Trinajstić information content (AvgIpc) is 2.57. The predicted molar refractivity (Wildman–Crippen MR) is 105 cm³/mol. The Kier molecular flexibility index (Phi) is 16.6. The van der Waals surface area contributed by atoms with Gasteiger partial charge in [0, 0.05) is 13.5 Å². The van der Waals surface area contributed by atoms with Crippen molar-refractivity contribution >= 4 is 11.9 Å². The van der Waals surface area contributed by atoms with Crippen molar-refractivity contribution in [3.05, 3.63) is 12.2 Å². The Morgan fingerprint density at radius 2 is 1.28 bits per heavy atom. The number of carboxylic acid groups (broad SMARTS) is 1. The molecule has 0 unspecified atom stereocenters. The summed E-state index contributed by atoms with van der Waals surface area (Å²) < 4.78 is 0. The Morgan fingerprint density at radius 1 is 0.800 bits per heavy atom. The standard InChI is InChI=1S/C21H39NO3/c1-3-4-5-6-7-8-9-10-11-12-13-14-15-16-17-18-20(23)22(2)19-21(24)25/h10-11H,3-9,12-19H2,1-2H3,(H,24,25)/b11-10+. The summed E-state index contributed by atoms with van der Waals surface area (Å²) in [7, 11) is 1.55. The smallest absolute Gasteiger partial charge is 0.323 e. The number of likely N-dealkylation sites (N-methyl/N-ethyl adjacent to an activating group) is 1. The second-order valence-corrected chi connectivity index (χ2v) is 6.98. The van der Waals surface area contributed by atoms with Crippen molar-refractivity contribution in [1.82, 2.24) is 4.90 Å². The van der Waals surface area contributed by atoms with Crippen molar-refractivity contribution in [2.75, 3.05) is 13.6 Å². The summed E-state index contributed by atoms with van der Waals surface area (Å²) >= 11 is 0. The third-order valence-corrected chi connectivity index (χ3v) is 4.45. The summed E-state index contributed by atoms with van der Waals surface area (Å²) in [4.78, 5) is 23.5. The molecule has 0 saturated heterocycles. The van der Waals surface area contributed by atoms with Gasteiger partial charge in [-0.2, -0.15) is 0 Å². The summed E-state index contributed by atoms with van der Waals surface area (Å²) in [6, 6.07) is 0. The van der Waals surface area contributed by atoms with Gasteiger partial charge < -0.3 is 10.0 Å². The summed E-state index contributed by atoms with van der Waals surface area (Å²) in [5.74, 6) is -1.03. The van der Waals surface area contributed by atoms with Gasteiger partial charge in [0.25, 0.3) is 0 Å². The Balaban J connectivity index is 3.31. The number of hydrogen-bond donors (Lipinski definition) is 1. The molecule has 1 amide bonds. The van der Waals surface area contributed by atoms with Crippen LogP contribution in [0.4, 0.5) is 0 Å². The molecule has 4 nitrogen and oxygen atoms in total. The van der Waals surface area contributed by atoms with Crippen LogP contribution < -0.4 is 0 Å². The molecular weight excluding hydrogens is 314 g/mol. The average molecular weight is 354 g/mol. The Labute approximate surface area is 154 Å². The molecule has 1 N–H and O–H groups in total. The van der Waals surface area contributed by atoms with Crippen LogP contribution in [0.3, 0.4) is 0 Å². The van der Waals surface area contributed by atoms with E-state index in [0.717, 1.165) is 25.7 Å². The van der Waals surface area contributed by atoms with Gasteiger partial charge in [-0.1, -0.05) is 70.4 Å². The van der Waals surface area contributed by atoms with Crippen LogP contribution in [0.2, 0.25) is 0 Å². The van der Waals surface area contributed by atoms with Crippen LogP contribution in [0.15, 0.2) is 12.2 Å². The van der Waals surface area contributed by atoms with Crippen molar-refractivity contribution in [3.63, 3.8) is 0 Å². The van der Waals surface area contributed by atoms with E-state index in [0.29, 0.717) is 6.42 Å². The Hall–Kier alpha value is -1.32. The lowest BCUT2D eigenvalue weighted by molar-refractivity contribution is -0.143. The van der Waals surface area contributed by atoms with E-state index in [1.165, 1.54) is 62.7 Å².